The van der Waals surface area contributed by atoms with Crippen molar-refractivity contribution in [3.05, 3.63) is 58.6 Å². The van der Waals surface area contributed by atoms with E-state index in [-0.39, 0.29) is 0 Å². The summed E-state index contributed by atoms with van der Waals surface area (Å²) in [5.74, 6) is 1.33. The molecule has 18 heavy (non-hydrogen) atoms. The zero-order valence-corrected chi connectivity index (χ0v) is 11.1. The Morgan fingerprint density at radius 3 is 2.33 bits per heavy atom. The van der Waals surface area contributed by atoms with Crippen molar-refractivity contribution in [3.63, 3.8) is 0 Å². The molecule has 0 aliphatic carbocycles. The predicted octanol–water partition coefficient (Wildman–Crippen LogP) is 4.49. The summed E-state index contributed by atoms with van der Waals surface area (Å²) in [6.07, 6.45) is -0.532. The molecule has 0 amide bonds. The monoisotopic (exact) mass is 262 g/mol. The first-order valence-electron chi connectivity index (χ1n) is 5.78. The summed E-state index contributed by atoms with van der Waals surface area (Å²) in [5.41, 5.74) is 1.95. The minimum absolute atomic E-state index is 0.494. The van der Waals surface area contributed by atoms with Crippen molar-refractivity contribution in [1.82, 2.24) is 0 Å². The van der Waals surface area contributed by atoms with Gasteiger partial charge in [0.05, 0.1) is 11.1 Å². The van der Waals surface area contributed by atoms with Gasteiger partial charge in [0.15, 0.2) is 0 Å². The number of hydrogen-bond acceptors (Lipinski definition) is 2. The average molecular weight is 263 g/mol. The molecule has 0 aliphatic heterocycles. The fourth-order valence-corrected chi connectivity index (χ4v) is 1.82. The van der Waals surface area contributed by atoms with Crippen molar-refractivity contribution in [1.29, 1.82) is 0 Å². The van der Waals surface area contributed by atoms with E-state index in [0.29, 0.717) is 10.8 Å². The molecule has 0 radical (unpaired) electrons. The Balaban J connectivity index is 2.22. The van der Waals surface area contributed by atoms with Crippen LogP contribution in [-0.4, -0.2) is 5.11 Å². The van der Waals surface area contributed by atoms with Gasteiger partial charge in [0.25, 0.3) is 0 Å². The number of aliphatic hydroxyl groups is 1. The van der Waals surface area contributed by atoms with Gasteiger partial charge >= 0.3 is 0 Å². The van der Waals surface area contributed by atoms with Gasteiger partial charge in [0, 0.05) is 0 Å². The van der Waals surface area contributed by atoms with Crippen LogP contribution in [0.4, 0.5) is 0 Å². The molecular formula is C15H15ClO2. The summed E-state index contributed by atoms with van der Waals surface area (Å²) >= 11 is 6.12. The summed E-state index contributed by atoms with van der Waals surface area (Å²) < 4.78 is 5.69. The second kappa shape index (κ2) is 5.42. The summed E-state index contributed by atoms with van der Waals surface area (Å²) in [6, 6.07) is 13.0. The van der Waals surface area contributed by atoms with Gasteiger partial charge in [-0.1, -0.05) is 35.4 Å². The molecule has 2 rings (SSSR count). The molecule has 0 heterocycles. The maximum Gasteiger partial charge on any atom is 0.146 e. The zero-order chi connectivity index (χ0) is 13.1. The van der Waals surface area contributed by atoms with Gasteiger partial charge in [-0.3, -0.25) is 0 Å². The van der Waals surface area contributed by atoms with Crippen molar-refractivity contribution >= 4 is 11.6 Å². The van der Waals surface area contributed by atoms with Crippen LogP contribution in [0, 0.1) is 6.92 Å². The second-order valence-electron chi connectivity index (χ2n) is 4.28. The summed E-state index contributed by atoms with van der Waals surface area (Å²) in [4.78, 5) is 0. The number of ether oxygens (including phenoxy) is 1. The molecule has 2 aromatic rings. The number of benzene rings is 2. The van der Waals surface area contributed by atoms with Crippen LogP contribution in [0.3, 0.4) is 0 Å². The van der Waals surface area contributed by atoms with E-state index in [4.69, 9.17) is 16.3 Å². The molecule has 0 aliphatic rings. The number of aliphatic hydroxyl groups excluding tert-OH is 1. The van der Waals surface area contributed by atoms with Gasteiger partial charge in [-0.2, -0.15) is 0 Å². The van der Waals surface area contributed by atoms with Crippen LogP contribution in [0.1, 0.15) is 24.2 Å². The Bertz CT molecular complexity index is 533. The summed E-state index contributed by atoms with van der Waals surface area (Å²) in [6.45, 7) is 3.72. The van der Waals surface area contributed by atoms with Crippen LogP contribution in [0.15, 0.2) is 42.5 Å². The first kappa shape index (κ1) is 12.9. The Labute approximate surface area is 112 Å². The Morgan fingerprint density at radius 1 is 1.11 bits per heavy atom. The van der Waals surface area contributed by atoms with Crippen LogP contribution >= 0.6 is 11.6 Å². The molecule has 0 saturated heterocycles. The van der Waals surface area contributed by atoms with Gasteiger partial charge in [-0.15, -0.1) is 0 Å². The quantitative estimate of drug-likeness (QED) is 0.883. The van der Waals surface area contributed by atoms with Crippen molar-refractivity contribution in [2.75, 3.05) is 0 Å². The lowest BCUT2D eigenvalue weighted by molar-refractivity contribution is 0.199. The van der Waals surface area contributed by atoms with Gasteiger partial charge < -0.3 is 9.84 Å². The third-order valence-corrected chi connectivity index (χ3v) is 2.98. The molecule has 0 aromatic heterocycles. The first-order chi connectivity index (χ1) is 8.56. The molecule has 0 saturated carbocycles. The van der Waals surface area contributed by atoms with Crippen molar-refractivity contribution < 1.29 is 9.84 Å². The molecule has 0 bridgehead atoms. The van der Waals surface area contributed by atoms with Gasteiger partial charge in [-0.05, 0) is 43.7 Å². The number of halogens is 1. The topological polar surface area (TPSA) is 29.5 Å². The van der Waals surface area contributed by atoms with E-state index in [1.165, 1.54) is 5.56 Å². The third kappa shape index (κ3) is 3.03. The molecular weight excluding hydrogens is 248 g/mol. The molecule has 1 atom stereocenters. The first-order valence-corrected chi connectivity index (χ1v) is 6.16. The minimum Gasteiger partial charge on any atom is -0.456 e. The molecule has 3 heteroatoms. The van der Waals surface area contributed by atoms with E-state index in [9.17, 15) is 5.11 Å². The standard InChI is InChI=1S/C15H15ClO2/c1-10-3-6-13(7-4-10)18-15-8-5-12(11(2)17)9-14(15)16/h3-9,11,17H,1-2H3/t11-/m1/s1. The molecule has 0 fully saturated rings. The Kier molecular flexibility index (Phi) is 3.90. The Hall–Kier alpha value is -1.51. The van der Waals surface area contributed by atoms with E-state index >= 15 is 0 Å². The SMILES string of the molecule is Cc1ccc(Oc2ccc([C@@H](C)O)cc2Cl)cc1. The van der Waals surface area contributed by atoms with Gasteiger partial charge in [-0.25, -0.2) is 0 Å². The lowest BCUT2D eigenvalue weighted by Gasteiger charge is -2.10. The number of aryl methyl sites for hydroxylation is 1. The average Bonchev–Trinajstić information content (AvgIpc) is 2.34. The van der Waals surface area contributed by atoms with Crippen LogP contribution in [0.2, 0.25) is 5.02 Å². The minimum atomic E-state index is -0.532. The molecule has 2 nitrogen and oxygen atoms in total. The van der Waals surface area contributed by atoms with E-state index < -0.39 is 6.10 Å². The highest BCUT2D eigenvalue weighted by Crippen LogP contribution is 2.31. The smallest absolute Gasteiger partial charge is 0.146 e. The highest BCUT2D eigenvalue weighted by Gasteiger charge is 2.07. The van der Waals surface area contributed by atoms with Crippen LogP contribution in [-0.2, 0) is 0 Å². The zero-order valence-electron chi connectivity index (χ0n) is 10.4. The van der Waals surface area contributed by atoms with Crippen molar-refractivity contribution in [2.24, 2.45) is 0 Å². The predicted molar refractivity (Wildman–Crippen MR) is 73.3 cm³/mol. The van der Waals surface area contributed by atoms with Gasteiger partial charge in [0.1, 0.15) is 11.5 Å². The van der Waals surface area contributed by atoms with Crippen LogP contribution < -0.4 is 4.74 Å². The number of rotatable bonds is 3. The van der Waals surface area contributed by atoms with E-state index in [0.717, 1.165) is 11.3 Å². The maximum atomic E-state index is 9.46. The molecule has 94 valence electrons. The van der Waals surface area contributed by atoms with E-state index in [1.807, 2.05) is 31.2 Å². The van der Waals surface area contributed by atoms with Gasteiger partial charge in [0.2, 0.25) is 0 Å². The molecule has 0 unspecified atom stereocenters. The summed E-state index contributed by atoms with van der Waals surface area (Å²) in [5, 5.41) is 9.95. The van der Waals surface area contributed by atoms with Crippen LogP contribution in [0.5, 0.6) is 11.5 Å². The summed E-state index contributed by atoms with van der Waals surface area (Å²) in [7, 11) is 0. The molecule has 0 spiro atoms. The highest BCUT2D eigenvalue weighted by atomic mass is 35.5. The lowest BCUT2D eigenvalue weighted by atomic mass is 10.1. The fraction of sp³-hybridized carbons (Fsp3) is 0.200. The van der Waals surface area contributed by atoms with Crippen molar-refractivity contribution in [2.45, 2.75) is 20.0 Å². The molecule has 1 N–H and O–H groups in total. The number of hydrogen-bond donors (Lipinski definition) is 1. The maximum absolute atomic E-state index is 9.46. The van der Waals surface area contributed by atoms with Crippen molar-refractivity contribution in [3.8, 4) is 11.5 Å². The largest absolute Gasteiger partial charge is 0.456 e. The lowest BCUT2D eigenvalue weighted by Crippen LogP contribution is -1.92. The second-order valence-corrected chi connectivity index (χ2v) is 4.69. The van der Waals surface area contributed by atoms with Crippen LogP contribution in [0.25, 0.3) is 0 Å². The third-order valence-electron chi connectivity index (χ3n) is 2.69. The van der Waals surface area contributed by atoms with E-state index in [1.54, 1.807) is 25.1 Å². The van der Waals surface area contributed by atoms with E-state index in [2.05, 4.69) is 0 Å². The molecule has 2 aromatic carbocycles. The Morgan fingerprint density at radius 2 is 1.78 bits per heavy atom. The normalized spacial score (nSPS) is 12.2. The fourth-order valence-electron chi connectivity index (χ4n) is 1.59. The highest BCUT2D eigenvalue weighted by molar-refractivity contribution is 6.32.